The molecule has 0 atom stereocenters. The molecule has 0 amide bonds. The average Bonchev–Trinajstić information content (AvgIpc) is 2.59. The zero-order chi connectivity index (χ0) is 15.2. The summed E-state index contributed by atoms with van der Waals surface area (Å²) in [7, 11) is -2.51. The maximum Gasteiger partial charge on any atom is 0.494 e. The monoisotopic (exact) mass is 297 g/mol. The molecule has 1 saturated heterocycles. The van der Waals surface area contributed by atoms with Crippen molar-refractivity contribution < 1.29 is 17.7 Å². The molecule has 0 aromatic heterocycles. The molecule has 1 heterocycles. The molecule has 1 aromatic rings. The topological polar surface area (TPSA) is 64.6 Å². The molecule has 0 aliphatic carbocycles. The van der Waals surface area contributed by atoms with E-state index in [0.29, 0.717) is 0 Å². The molecular formula is C13H20BNO4S. The van der Waals surface area contributed by atoms with E-state index >= 15 is 0 Å². The van der Waals surface area contributed by atoms with Crippen molar-refractivity contribution in [3.63, 3.8) is 0 Å². The largest absolute Gasteiger partial charge is 0.494 e. The Hall–Kier alpha value is -0.885. The normalized spacial score (nSPS) is 21.1. The van der Waals surface area contributed by atoms with Crippen LogP contribution in [0.5, 0.6) is 0 Å². The van der Waals surface area contributed by atoms with Crippen LogP contribution in [-0.2, 0) is 19.3 Å². The van der Waals surface area contributed by atoms with E-state index in [0.717, 1.165) is 5.46 Å². The van der Waals surface area contributed by atoms with Crippen LogP contribution in [0.1, 0.15) is 27.7 Å². The highest BCUT2D eigenvalue weighted by molar-refractivity contribution is 7.89. The highest BCUT2D eigenvalue weighted by atomic mass is 32.2. The number of rotatable bonds is 3. The van der Waals surface area contributed by atoms with Gasteiger partial charge in [-0.25, -0.2) is 13.1 Å². The van der Waals surface area contributed by atoms with Gasteiger partial charge in [-0.15, -0.1) is 0 Å². The minimum atomic E-state index is -3.42. The summed E-state index contributed by atoms with van der Waals surface area (Å²) >= 11 is 0. The Balaban J connectivity index is 2.25. The van der Waals surface area contributed by atoms with Gasteiger partial charge in [-0.1, -0.05) is 12.1 Å². The highest BCUT2D eigenvalue weighted by Crippen LogP contribution is 2.36. The van der Waals surface area contributed by atoms with E-state index in [1.165, 1.54) is 7.05 Å². The van der Waals surface area contributed by atoms with Gasteiger partial charge in [0.15, 0.2) is 0 Å². The Kier molecular flexibility index (Phi) is 3.75. The maximum absolute atomic E-state index is 11.7. The molecule has 0 radical (unpaired) electrons. The summed E-state index contributed by atoms with van der Waals surface area (Å²) in [4.78, 5) is 0.222. The lowest BCUT2D eigenvalue weighted by molar-refractivity contribution is 0.00578. The molecule has 1 aromatic carbocycles. The summed E-state index contributed by atoms with van der Waals surface area (Å²) in [6, 6.07) is 6.52. The minimum absolute atomic E-state index is 0.222. The second kappa shape index (κ2) is 4.84. The fourth-order valence-corrected chi connectivity index (χ4v) is 2.63. The van der Waals surface area contributed by atoms with Crippen LogP contribution in [0, 0.1) is 0 Å². The van der Waals surface area contributed by atoms with Crippen molar-refractivity contribution in [3.05, 3.63) is 24.3 Å². The summed E-state index contributed by atoms with van der Waals surface area (Å²) < 4.78 is 37.4. The fraction of sp³-hybridized carbons (Fsp3) is 0.538. The third-order valence-corrected chi connectivity index (χ3v) is 5.41. The molecule has 20 heavy (non-hydrogen) atoms. The number of hydrogen-bond donors (Lipinski definition) is 1. The van der Waals surface area contributed by atoms with Crippen LogP contribution < -0.4 is 10.2 Å². The molecule has 110 valence electrons. The van der Waals surface area contributed by atoms with E-state index in [9.17, 15) is 8.42 Å². The van der Waals surface area contributed by atoms with Gasteiger partial charge in [0.1, 0.15) is 0 Å². The Labute approximate surface area is 120 Å². The number of nitrogens with one attached hydrogen (secondary N) is 1. The molecule has 1 fully saturated rings. The summed E-state index contributed by atoms with van der Waals surface area (Å²) in [5, 5.41) is 0. The molecule has 1 aliphatic heterocycles. The first-order valence-corrected chi connectivity index (χ1v) is 7.96. The molecule has 1 N–H and O–H groups in total. The van der Waals surface area contributed by atoms with Gasteiger partial charge in [-0.05, 0) is 52.3 Å². The smallest absolute Gasteiger partial charge is 0.399 e. The van der Waals surface area contributed by atoms with E-state index in [1.54, 1.807) is 24.3 Å². The molecule has 0 spiro atoms. The first-order valence-electron chi connectivity index (χ1n) is 6.48. The zero-order valence-corrected chi connectivity index (χ0v) is 13.2. The quantitative estimate of drug-likeness (QED) is 0.842. The van der Waals surface area contributed by atoms with Crippen LogP contribution >= 0.6 is 0 Å². The van der Waals surface area contributed by atoms with Gasteiger partial charge >= 0.3 is 7.12 Å². The predicted molar refractivity (Wildman–Crippen MR) is 78.4 cm³/mol. The van der Waals surface area contributed by atoms with E-state index in [1.807, 2.05) is 27.7 Å². The molecular weight excluding hydrogens is 277 g/mol. The third-order valence-electron chi connectivity index (χ3n) is 3.98. The molecule has 0 saturated carbocycles. The average molecular weight is 297 g/mol. The van der Waals surface area contributed by atoms with Crippen LogP contribution in [0.2, 0.25) is 0 Å². The molecule has 7 heteroatoms. The zero-order valence-electron chi connectivity index (χ0n) is 12.4. The van der Waals surface area contributed by atoms with Crippen molar-refractivity contribution in [2.24, 2.45) is 0 Å². The van der Waals surface area contributed by atoms with Crippen LogP contribution in [0.25, 0.3) is 0 Å². The Bertz CT molecular complexity index is 579. The van der Waals surface area contributed by atoms with Crippen molar-refractivity contribution in [2.45, 2.75) is 43.8 Å². The van der Waals surface area contributed by atoms with Crippen molar-refractivity contribution in [1.82, 2.24) is 4.72 Å². The lowest BCUT2D eigenvalue weighted by Gasteiger charge is -2.32. The van der Waals surface area contributed by atoms with Crippen molar-refractivity contribution in [2.75, 3.05) is 7.05 Å². The van der Waals surface area contributed by atoms with Gasteiger partial charge in [0, 0.05) is 0 Å². The van der Waals surface area contributed by atoms with Crippen LogP contribution in [0.4, 0.5) is 0 Å². The molecule has 1 aliphatic rings. The van der Waals surface area contributed by atoms with Gasteiger partial charge in [0.05, 0.1) is 16.1 Å². The van der Waals surface area contributed by atoms with Gasteiger partial charge < -0.3 is 9.31 Å². The minimum Gasteiger partial charge on any atom is -0.399 e. The second-order valence-corrected chi connectivity index (χ2v) is 7.75. The van der Waals surface area contributed by atoms with E-state index in [2.05, 4.69) is 4.72 Å². The summed E-state index contributed by atoms with van der Waals surface area (Å²) in [6.07, 6.45) is 0. The third kappa shape index (κ3) is 2.63. The number of benzene rings is 1. The van der Waals surface area contributed by atoms with E-state index < -0.39 is 28.3 Å². The van der Waals surface area contributed by atoms with Crippen molar-refractivity contribution in [1.29, 1.82) is 0 Å². The number of hydrogen-bond acceptors (Lipinski definition) is 4. The summed E-state index contributed by atoms with van der Waals surface area (Å²) in [5.41, 5.74) is -0.0143. The van der Waals surface area contributed by atoms with Crippen LogP contribution in [-0.4, -0.2) is 33.8 Å². The van der Waals surface area contributed by atoms with Gasteiger partial charge in [-0.3, -0.25) is 0 Å². The fourth-order valence-electron chi connectivity index (χ4n) is 1.90. The molecule has 5 nitrogen and oxygen atoms in total. The lowest BCUT2D eigenvalue weighted by Crippen LogP contribution is -2.41. The Morgan fingerprint density at radius 2 is 1.45 bits per heavy atom. The maximum atomic E-state index is 11.7. The van der Waals surface area contributed by atoms with Crippen molar-refractivity contribution >= 4 is 22.6 Å². The molecule has 0 unspecified atom stereocenters. The standard InChI is InChI=1S/C13H20BNO4S/c1-12(2)13(3,4)19-14(18-12)10-6-8-11(9-7-10)20(16,17)15-5/h6-9,15H,1-5H3. The van der Waals surface area contributed by atoms with E-state index in [-0.39, 0.29) is 4.90 Å². The van der Waals surface area contributed by atoms with Gasteiger partial charge in [-0.2, -0.15) is 0 Å². The molecule has 0 bridgehead atoms. The Morgan fingerprint density at radius 3 is 1.85 bits per heavy atom. The number of sulfonamides is 1. The van der Waals surface area contributed by atoms with Crippen molar-refractivity contribution in [3.8, 4) is 0 Å². The first-order chi connectivity index (χ1) is 9.09. The molecule has 2 rings (SSSR count). The Morgan fingerprint density at radius 1 is 1.00 bits per heavy atom. The van der Waals surface area contributed by atoms with Crippen LogP contribution in [0.3, 0.4) is 0 Å². The SMILES string of the molecule is CNS(=O)(=O)c1ccc(B2OC(C)(C)C(C)(C)O2)cc1. The van der Waals surface area contributed by atoms with Gasteiger partial charge in [0.2, 0.25) is 10.0 Å². The van der Waals surface area contributed by atoms with Gasteiger partial charge in [0.25, 0.3) is 0 Å². The summed E-state index contributed by atoms with van der Waals surface area (Å²) in [6.45, 7) is 7.92. The highest BCUT2D eigenvalue weighted by Gasteiger charge is 2.51. The predicted octanol–water partition coefficient (Wildman–Crippen LogP) is 0.894. The first kappa shape index (κ1) is 15.5. The van der Waals surface area contributed by atoms with Crippen LogP contribution in [0.15, 0.2) is 29.2 Å². The van der Waals surface area contributed by atoms with E-state index in [4.69, 9.17) is 9.31 Å². The summed E-state index contributed by atoms with van der Waals surface area (Å²) in [5.74, 6) is 0. The lowest BCUT2D eigenvalue weighted by atomic mass is 9.79. The second-order valence-electron chi connectivity index (χ2n) is 5.86.